The zero-order valence-electron chi connectivity index (χ0n) is 15.5. The number of carbonyl (C=O) groups excluding carboxylic acids is 2. The van der Waals surface area contributed by atoms with Crippen LogP contribution >= 0.6 is 0 Å². The molecule has 0 aliphatic carbocycles. The third-order valence-electron chi connectivity index (χ3n) is 5.75. The van der Waals surface area contributed by atoms with E-state index >= 15 is 0 Å². The van der Waals surface area contributed by atoms with E-state index in [0.717, 1.165) is 51.9 Å². The minimum Gasteiger partial charge on any atom is -0.378 e. The van der Waals surface area contributed by atoms with Gasteiger partial charge in [-0.2, -0.15) is 0 Å². The molecule has 3 saturated heterocycles. The molecule has 3 rings (SSSR count). The van der Waals surface area contributed by atoms with Gasteiger partial charge in [-0.3, -0.25) is 14.5 Å². The Morgan fingerprint density at radius 1 is 0.800 bits per heavy atom. The van der Waals surface area contributed by atoms with Gasteiger partial charge in [-0.25, -0.2) is 0 Å². The number of rotatable bonds is 3. The lowest BCUT2D eigenvalue weighted by molar-refractivity contribution is -0.143. The first-order valence-corrected chi connectivity index (χ1v) is 10.1. The van der Waals surface area contributed by atoms with E-state index < -0.39 is 0 Å². The fourth-order valence-electron chi connectivity index (χ4n) is 4.23. The van der Waals surface area contributed by atoms with Gasteiger partial charge >= 0.3 is 0 Å². The number of ether oxygens (including phenoxy) is 1. The Balaban J connectivity index is 1.48. The average Bonchev–Trinajstić information content (AvgIpc) is 2.61. The summed E-state index contributed by atoms with van der Waals surface area (Å²) in [5.41, 5.74) is 0. The van der Waals surface area contributed by atoms with Crippen LogP contribution in [0.2, 0.25) is 0 Å². The van der Waals surface area contributed by atoms with Crippen molar-refractivity contribution in [2.24, 2.45) is 5.92 Å². The van der Waals surface area contributed by atoms with Crippen molar-refractivity contribution in [3.8, 4) is 0 Å². The molecule has 0 N–H and O–H groups in total. The van der Waals surface area contributed by atoms with E-state index in [1.54, 1.807) is 0 Å². The molecule has 0 saturated carbocycles. The quantitative estimate of drug-likeness (QED) is 0.770. The van der Waals surface area contributed by atoms with Crippen LogP contribution in [-0.2, 0) is 14.3 Å². The monoisotopic (exact) mass is 351 g/mol. The van der Waals surface area contributed by atoms with Crippen LogP contribution in [0.5, 0.6) is 0 Å². The Kier molecular flexibility index (Phi) is 7.11. The summed E-state index contributed by atoms with van der Waals surface area (Å²) in [6.07, 6.45) is 8.00. The van der Waals surface area contributed by atoms with Crippen LogP contribution in [0.25, 0.3) is 0 Å². The van der Waals surface area contributed by atoms with Gasteiger partial charge in [0.25, 0.3) is 0 Å². The lowest BCUT2D eigenvalue weighted by Gasteiger charge is -2.36. The Bertz CT molecular complexity index is 443. The van der Waals surface area contributed by atoms with Crippen LogP contribution in [0.15, 0.2) is 0 Å². The Hall–Kier alpha value is -1.14. The Morgan fingerprint density at radius 3 is 2.20 bits per heavy atom. The van der Waals surface area contributed by atoms with Gasteiger partial charge in [0, 0.05) is 32.7 Å². The number of piperidine rings is 1. The summed E-state index contributed by atoms with van der Waals surface area (Å²) in [6.45, 7) is 6.68. The smallest absolute Gasteiger partial charge is 0.236 e. The highest BCUT2D eigenvalue weighted by Gasteiger charge is 2.31. The molecule has 1 atom stereocenters. The first-order valence-electron chi connectivity index (χ1n) is 10.1. The third kappa shape index (κ3) is 5.42. The normalized spacial score (nSPS) is 26.8. The summed E-state index contributed by atoms with van der Waals surface area (Å²) in [6, 6.07) is 0. The maximum atomic E-state index is 12.7. The predicted molar refractivity (Wildman–Crippen MR) is 96.2 cm³/mol. The Morgan fingerprint density at radius 2 is 1.48 bits per heavy atom. The first-order chi connectivity index (χ1) is 12.2. The summed E-state index contributed by atoms with van der Waals surface area (Å²) < 4.78 is 5.34. The van der Waals surface area contributed by atoms with E-state index in [2.05, 4.69) is 4.90 Å². The zero-order chi connectivity index (χ0) is 17.5. The van der Waals surface area contributed by atoms with Crippen molar-refractivity contribution in [1.82, 2.24) is 14.7 Å². The van der Waals surface area contributed by atoms with Crippen LogP contribution < -0.4 is 0 Å². The fourth-order valence-corrected chi connectivity index (χ4v) is 4.23. The van der Waals surface area contributed by atoms with Crippen molar-refractivity contribution in [2.45, 2.75) is 44.9 Å². The van der Waals surface area contributed by atoms with E-state index in [9.17, 15) is 9.59 Å². The van der Waals surface area contributed by atoms with Crippen molar-refractivity contribution in [2.75, 3.05) is 59.0 Å². The largest absolute Gasteiger partial charge is 0.378 e. The van der Waals surface area contributed by atoms with Gasteiger partial charge in [0.05, 0.1) is 25.7 Å². The van der Waals surface area contributed by atoms with Gasteiger partial charge in [0.1, 0.15) is 0 Å². The lowest BCUT2D eigenvalue weighted by Crippen LogP contribution is -2.50. The summed E-state index contributed by atoms with van der Waals surface area (Å²) in [5, 5.41) is 0. The molecule has 0 aromatic rings. The van der Waals surface area contributed by atoms with Crippen LogP contribution in [0.3, 0.4) is 0 Å². The van der Waals surface area contributed by atoms with Crippen molar-refractivity contribution < 1.29 is 14.3 Å². The van der Waals surface area contributed by atoms with Crippen molar-refractivity contribution >= 4 is 11.8 Å². The number of carbonyl (C=O) groups is 2. The molecule has 3 aliphatic rings. The number of nitrogens with zero attached hydrogens (tertiary/aromatic N) is 3. The highest BCUT2D eigenvalue weighted by atomic mass is 16.5. The predicted octanol–water partition coefficient (Wildman–Crippen LogP) is 1.35. The molecule has 2 amide bonds. The molecule has 3 fully saturated rings. The van der Waals surface area contributed by atoms with Gasteiger partial charge in [-0.1, -0.05) is 19.3 Å². The van der Waals surface area contributed by atoms with Gasteiger partial charge in [-0.15, -0.1) is 0 Å². The zero-order valence-corrected chi connectivity index (χ0v) is 15.5. The Labute approximate surface area is 151 Å². The molecule has 25 heavy (non-hydrogen) atoms. The van der Waals surface area contributed by atoms with Crippen molar-refractivity contribution in [3.63, 3.8) is 0 Å². The SMILES string of the molecule is O=C(CN1CCCC(C(=O)N2CCOCC2)C1)N1CCCCCCC1. The van der Waals surface area contributed by atoms with E-state index in [1.807, 2.05) is 9.80 Å². The lowest BCUT2D eigenvalue weighted by atomic mass is 9.96. The van der Waals surface area contributed by atoms with Crippen molar-refractivity contribution in [1.29, 1.82) is 0 Å². The number of likely N-dealkylation sites (tertiary alicyclic amines) is 2. The molecule has 142 valence electrons. The van der Waals surface area contributed by atoms with Crippen LogP contribution in [0, 0.1) is 5.92 Å². The van der Waals surface area contributed by atoms with E-state index in [1.165, 1.54) is 19.3 Å². The highest BCUT2D eigenvalue weighted by Crippen LogP contribution is 2.20. The molecule has 0 spiro atoms. The number of hydrogen-bond donors (Lipinski definition) is 0. The molecule has 0 bridgehead atoms. The van der Waals surface area contributed by atoms with Crippen LogP contribution in [0.4, 0.5) is 0 Å². The minimum absolute atomic E-state index is 0.0481. The molecule has 3 heterocycles. The molecule has 0 radical (unpaired) electrons. The molecule has 0 aromatic carbocycles. The second kappa shape index (κ2) is 9.53. The molecule has 6 heteroatoms. The number of amides is 2. The number of morpholine rings is 1. The minimum atomic E-state index is 0.0481. The maximum absolute atomic E-state index is 12.7. The summed E-state index contributed by atoms with van der Waals surface area (Å²) >= 11 is 0. The summed E-state index contributed by atoms with van der Waals surface area (Å²) in [5.74, 6) is 0.556. The van der Waals surface area contributed by atoms with Crippen molar-refractivity contribution in [3.05, 3.63) is 0 Å². The maximum Gasteiger partial charge on any atom is 0.236 e. The van der Waals surface area contributed by atoms with E-state index in [4.69, 9.17) is 4.74 Å². The standard InChI is InChI=1S/C19H33N3O3/c23-18(21-9-4-2-1-3-5-10-21)16-20-8-6-7-17(15-20)19(24)22-11-13-25-14-12-22/h17H,1-16H2. The fraction of sp³-hybridized carbons (Fsp3) is 0.895. The van der Waals surface area contributed by atoms with Gasteiger partial charge in [-0.05, 0) is 32.2 Å². The topological polar surface area (TPSA) is 53.1 Å². The van der Waals surface area contributed by atoms with E-state index in [-0.39, 0.29) is 17.7 Å². The molecule has 6 nitrogen and oxygen atoms in total. The average molecular weight is 351 g/mol. The van der Waals surface area contributed by atoms with Crippen LogP contribution in [0.1, 0.15) is 44.9 Å². The van der Waals surface area contributed by atoms with Gasteiger partial charge in [0.15, 0.2) is 0 Å². The van der Waals surface area contributed by atoms with Crippen LogP contribution in [-0.4, -0.2) is 85.5 Å². The highest BCUT2D eigenvalue weighted by molar-refractivity contribution is 5.80. The molecular weight excluding hydrogens is 318 g/mol. The molecule has 3 aliphatic heterocycles. The molecular formula is C19H33N3O3. The number of hydrogen-bond acceptors (Lipinski definition) is 4. The summed E-state index contributed by atoms with van der Waals surface area (Å²) in [4.78, 5) is 31.6. The second-order valence-electron chi connectivity index (χ2n) is 7.66. The van der Waals surface area contributed by atoms with Gasteiger partial charge < -0.3 is 14.5 Å². The summed E-state index contributed by atoms with van der Waals surface area (Å²) in [7, 11) is 0. The third-order valence-corrected chi connectivity index (χ3v) is 5.75. The molecule has 1 unspecified atom stereocenters. The molecule has 0 aromatic heterocycles. The second-order valence-corrected chi connectivity index (χ2v) is 7.66. The first kappa shape index (κ1) is 18.6. The van der Waals surface area contributed by atoms with Gasteiger partial charge in [0.2, 0.25) is 11.8 Å². The van der Waals surface area contributed by atoms with E-state index in [0.29, 0.717) is 32.8 Å².